The fourth-order valence-corrected chi connectivity index (χ4v) is 1.43. The van der Waals surface area contributed by atoms with Gasteiger partial charge >= 0.3 is 5.97 Å². The van der Waals surface area contributed by atoms with Gasteiger partial charge in [0.15, 0.2) is 0 Å². The molecule has 1 aromatic carbocycles. The monoisotopic (exact) mass is 256 g/mol. The molecule has 0 aliphatic rings. The third-order valence-electron chi connectivity index (χ3n) is 2.45. The second-order valence-corrected chi connectivity index (χ2v) is 4.49. The molecule has 0 N–H and O–H groups in total. The standard InChI is InChI=1S/C17H20O2/c1-14(2)12-13-16(17(18)19-3)11-7-10-15-8-5-4-6-9-15/h4-14H,1-3H3/b10-7+,13-12+,16-11-. The van der Waals surface area contributed by atoms with Crippen molar-refractivity contribution in [1.29, 1.82) is 0 Å². The molecular weight excluding hydrogens is 236 g/mol. The Morgan fingerprint density at radius 2 is 1.89 bits per heavy atom. The van der Waals surface area contributed by atoms with Gasteiger partial charge in [-0.3, -0.25) is 0 Å². The molecule has 100 valence electrons. The number of ether oxygens (including phenoxy) is 1. The Labute approximate surface area is 115 Å². The van der Waals surface area contributed by atoms with E-state index >= 15 is 0 Å². The summed E-state index contributed by atoms with van der Waals surface area (Å²) in [7, 11) is 1.39. The van der Waals surface area contributed by atoms with Gasteiger partial charge in [0.1, 0.15) is 0 Å². The van der Waals surface area contributed by atoms with E-state index in [0.717, 1.165) is 5.56 Å². The predicted octanol–water partition coefficient (Wildman–Crippen LogP) is 4.01. The molecule has 0 aliphatic carbocycles. The third-order valence-corrected chi connectivity index (χ3v) is 2.45. The summed E-state index contributed by atoms with van der Waals surface area (Å²) in [6.45, 7) is 4.12. The minimum atomic E-state index is -0.324. The van der Waals surface area contributed by atoms with Gasteiger partial charge in [0.25, 0.3) is 0 Å². The number of rotatable bonds is 5. The second kappa shape index (κ2) is 8.09. The molecule has 0 heterocycles. The van der Waals surface area contributed by atoms with Crippen molar-refractivity contribution in [2.75, 3.05) is 7.11 Å². The maximum Gasteiger partial charge on any atom is 0.337 e. The van der Waals surface area contributed by atoms with Gasteiger partial charge in [0, 0.05) is 0 Å². The largest absolute Gasteiger partial charge is 0.465 e. The molecule has 0 saturated carbocycles. The highest BCUT2D eigenvalue weighted by atomic mass is 16.5. The highest BCUT2D eigenvalue weighted by molar-refractivity contribution is 5.92. The zero-order chi connectivity index (χ0) is 14.1. The molecule has 0 aliphatic heterocycles. The Morgan fingerprint density at radius 3 is 2.47 bits per heavy atom. The highest BCUT2D eigenvalue weighted by Crippen LogP contribution is 2.06. The molecule has 0 amide bonds. The summed E-state index contributed by atoms with van der Waals surface area (Å²) in [5, 5.41) is 0. The second-order valence-electron chi connectivity index (χ2n) is 4.49. The Hall–Kier alpha value is -2.09. The molecule has 2 heteroatoms. The Kier molecular flexibility index (Phi) is 6.37. The van der Waals surface area contributed by atoms with Gasteiger partial charge in [-0.2, -0.15) is 0 Å². The summed E-state index contributed by atoms with van der Waals surface area (Å²) < 4.78 is 4.76. The Balaban J connectivity index is 2.83. The van der Waals surface area contributed by atoms with Crippen LogP contribution >= 0.6 is 0 Å². The number of carbonyl (C=O) groups is 1. The lowest BCUT2D eigenvalue weighted by Crippen LogP contribution is -2.02. The van der Waals surface area contributed by atoms with E-state index in [4.69, 9.17) is 4.74 Å². The number of carbonyl (C=O) groups excluding carboxylic acids is 1. The van der Waals surface area contributed by atoms with Gasteiger partial charge in [-0.25, -0.2) is 4.79 Å². The number of allylic oxidation sites excluding steroid dienone is 3. The van der Waals surface area contributed by atoms with Crippen molar-refractivity contribution in [2.45, 2.75) is 13.8 Å². The van der Waals surface area contributed by atoms with Gasteiger partial charge < -0.3 is 4.74 Å². The lowest BCUT2D eigenvalue weighted by molar-refractivity contribution is -0.135. The quantitative estimate of drug-likeness (QED) is 0.452. The van der Waals surface area contributed by atoms with Crippen LogP contribution in [-0.2, 0) is 9.53 Å². The number of hydrogen-bond donors (Lipinski definition) is 0. The third kappa shape index (κ3) is 5.87. The molecule has 0 aromatic heterocycles. The first-order chi connectivity index (χ1) is 9.13. The van der Waals surface area contributed by atoms with E-state index in [1.54, 1.807) is 12.2 Å². The maximum atomic E-state index is 11.6. The van der Waals surface area contributed by atoms with Gasteiger partial charge in [-0.15, -0.1) is 0 Å². The van der Waals surface area contributed by atoms with Crippen LogP contribution in [0.3, 0.4) is 0 Å². The van der Waals surface area contributed by atoms with Gasteiger partial charge in [0.05, 0.1) is 12.7 Å². The van der Waals surface area contributed by atoms with Gasteiger partial charge in [-0.05, 0) is 17.6 Å². The number of esters is 1. The minimum Gasteiger partial charge on any atom is -0.465 e. The van der Waals surface area contributed by atoms with E-state index in [1.165, 1.54) is 7.11 Å². The van der Waals surface area contributed by atoms with Crippen LogP contribution in [0.25, 0.3) is 6.08 Å². The summed E-state index contributed by atoms with van der Waals surface area (Å²) in [6.07, 6.45) is 9.33. The topological polar surface area (TPSA) is 26.3 Å². The summed E-state index contributed by atoms with van der Waals surface area (Å²) in [6, 6.07) is 9.93. The van der Waals surface area contributed by atoms with Crippen molar-refractivity contribution in [3.8, 4) is 0 Å². The Bertz CT molecular complexity index is 479. The smallest absolute Gasteiger partial charge is 0.337 e. The normalized spacial score (nSPS) is 12.5. The molecule has 0 saturated heterocycles. The van der Waals surface area contributed by atoms with Crippen LogP contribution in [0.15, 0.2) is 60.2 Å². The first-order valence-electron chi connectivity index (χ1n) is 6.33. The number of hydrogen-bond acceptors (Lipinski definition) is 2. The summed E-state index contributed by atoms with van der Waals surface area (Å²) in [4.78, 5) is 11.6. The van der Waals surface area contributed by atoms with Crippen LogP contribution < -0.4 is 0 Å². The molecule has 0 unspecified atom stereocenters. The maximum absolute atomic E-state index is 11.6. The molecule has 1 aromatic rings. The van der Waals surface area contributed by atoms with Crippen molar-refractivity contribution in [3.63, 3.8) is 0 Å². The Morgan fingerprint density at radius 1 is 1.21 bits per heavy atom. The summed E-state index contributed by atoms with van der Waals surface area (Å²) in [5.41, 5.74) is 1.64. The molecule has 0 fully saturated rings. The van der Waals surface area contributed by atoms with E-state index in [-0.39, 0.29) is 5.97 Å². The van der Waals surface area contributed by atoms with Crippen molar-refractivity contribution >= 4 is 12.0 Å². The molecule has 0 spiro atoms. The molecule has 2 nitrogen and oxygen atoms in total. The van der Waals surface area contributed by atoms with Crippen molar-refractivity contribution in [2.24, 2.45) is 5.92 Å². The SMILES string of the molecule is COC(=O)C(=C\C=C\c1ccccc1)/C=C/C(C)C. The molecule has 1 rings (SSSR count). The minimum absolute atomic E-state index is 0.324. The van der Waals surface area contributed by atoms with E-state index < -0.39 is 0 Å². The van der Waals surface area contributed by atoms with Crippen LogP contribution in [0.2, 0.25) is 0 Å². The molecule has 0 atom stereocenters. The van der Waals surface area contributed by atoms with Crippen molar-refractivity contribution < 1.29 is 9.53 Å². The molecular formula is C17H20O2. The summed E-state index contributed by atoms with van der Waals surface area (Å²) >= 11 is 0. The van der Waals surface area contributed by atoms with E-state index in [1.807, 2.05) is 48.6 Å². The van der Waals surface area contributed by atoms with Crippen molar-refractivity contribution in [3.05, 3.63) is 65.8 Å². The van der Waals surface area contributed by atoms with Crippen LogP contribution in [0.5, 0.6) is 0 Å². The first kappa shape index (κ1) is 15.0. The fourth-order valence-electron chi connectivity index (χ4n) is 1.43. The first-order valence-corrected chi connectivity index (χ1v) is 6.33. The lowest BCUT2D eigenvalue weighted by atomic mass is 10.1. The van der Waals surface area contributed by atoms with E-state index in [2.05, 4.69) is 13.8 Å². The fraction of sp³-hybridized carbons (Fsp3) is 0.235. The average molecular weight is 256 g/mol. The molecule has 0 bridgehead atoms. The van der Waals surface area contributed by atoms with Gasteiger partial charge in [-0.1, -0.05) is 68.5 Å². The van der Waals surface area contributed by atoms with E-state index in [9.17, 15) is 4.79 Å². The average Bonchev–Trinajstić information content (AvgIpc) is 2.42. The zero-order valence-corrected chi connectivity index (χ0v) is 11.7. The van der Waals surface area contributed by atoms with Crippen LogP contribution in [0.4, 0.5) is 0 Å². The molecule has 0 radical (unpaired) electrons. The van der Waals surface area contributed by atoms with Gasteiger partial charge in [0.2, 0.25) is 0 Å². The van der Waals surface area contributed by atoms with E-state index in [0.29, 0.717) is 11.5 Å². The van der Waals surface area contributed by atoms with Crippen LogP contribution in [-0.4, -0.2) is 13.1 Å². The zero-order valence-electron chi connectivity index (χ0n) is 11.7. The summed E-state index contributed by atoms with van der Waals surface area (Å²) in [5.74, 6) is 0.0702. The lowest BCUT2D eigenvalue weighted by Gasteiger charge is -1.99. The van der Waals surface area contributed by atoms with Crippen molar-refractivity contribution in [1.82, 2.24) is 0 Å². The van der Waals surface area contributed by atoms with Crippen LogP contribution in [0, 0.1) is 5.92 Å². The molecule has 19 heavy (non-hydrogen) atoms. The predicted molar refractivity (Wildman–Crippen MR) is 79.6 cm³/mol. The number of benzene rings is 1. The number of methoxy groups -OCH3 is 1. The highest BCUT2D eigenvalue weighted by Gasteiger charge is 2.04. The van der Waals surface area contributed by atoms with Crippen LogP contribution in [0.1, 0.15) is 19.4 Å².